The summed E-state index contributed by atoms with van der Waals surface area (Å²) in [5.74, 6) is 0.887. The molecule has 0 aliphatic carbocycles. The van der Waals surface area contributed by atoms with Crippen LogP contribution in [0.1, 0.15) is 70.2 Å². The van der Waals surface area contributed by atoms with Gasteiger partial charge in [0.15, 0.2) is 0 Å². The highest BCUT2D eigenvalue weighted by molar-refractivity contribution is 5.67. The fourth-order valence-electron chi connectivity index (χ4n) is 3.35. The van der Waals surface area contributed by atoms with E-state index in [9.17, 15) is 0 Å². The van der Waals surface area contributed by atoms with Gasteiger partial charge in [-0.2, -0.15) is 0 Å². The fourth-order valence-corrected chi connectivity index (χ4v) is 3.35. The summed E-state index contributed by atoms with van der Waals surface area (Å²) in [4.78, 5) is 2.32. The van der Waals surface area contributed by atoms with E-state index in [-0.39, 0.29) is 11.0 Å². The molecule has 1 aromatic carbocycles. The largest absolute Gasteiger partial charge is 0.346 e. The van der Waals surface area contributed by atoms with Gasteiger partial charge in [-0.05, 0) is 82.6 Å². The second kappa shape index (κ2) is 7.27. The molecule has 0 fully saturated rings. The predicted octanol–water partition coefficient (Wildman–Crippen LogP) is 6.54. The van der Waals surface area contributed by atoms with Gasteiger partial charge in [0, 0.05) is 16.9 Å². The summed E-state index contributed by atoms with van der Waals surface area (Å²) >= 11 is 0. The van der Waals surface area contributed by atoms with Crippen LogP contribution in [0, 0.1) is 33.1 Å². The molecule has 25 heavy (non-hydrogen) atoms. The van der Waals surface area contributed by atoms with Crippen LogP contribution in [0.3, 0.4) is 0 Å². The number of nitrogens with zero attached hydrogens (tertiary/aromatic N) is 1. The van der Waals surface area contributed by atoms with Crippen molar-refractivity contribution < 1.29 is 0 Å². The topological polar surface area (TPSA) is 15.3 Å². The first-order chi connectivity index (χ1) is 11.1. The van der Waals surface area contributed by atoms with E-state index in [0.29, 0.717) is 0 Å². The molecule has 0 aliphatic rings. The van der Waals surface area contributed by atoms with Crippen LogP contribution < -0.4 is 10.2 Å². The summed E-state index contributed by atoms with van der Waals surface area (Å²) in [6.07, 6.45) is 0.912. The fraction of sp³-hybridized carbons (Fsp3) is 0.565. The smallest absolute Gasteiger partial charge is 0.103 e. The average Bonchev–Trinajstić information content (AvgIpc) is 2.37. The highest BCUT2D eigenvalue weighted by Gasteiger charge is 2.28. The first kappa shape index (κ1) is 21.3. The summed E-state index contributed by atoms with van der Waals surface area (Å²) in [6, 6.07) is 2.27. The Morgan fingerprint density at radius 2 is 1.36 bits per heavy atom. The van der Waals surface area contributed by atoms with Gasteiger partial charge in [-0.3, -0.25) is 0 Å². The van der Waals surface area contributed by atoms with Crippen LogP contribution in [0.15, 0.2) is 30.7 Å². The van der Waals surface area contributed by atoms with Crippen molar-refractivity contribution in [3.63, 3.8) is 0 Å². The van der Waals surface area contributed by atoms with Gasteiger partial charge in [0.2, 0.25) is 0 Å². The van der Waals surface area contributed by atoms with Gasteiger partial charge in [0.05, 0.1) is 0 Å². The summed E-state index contributed by atoms with van der Waals surface area (Å²) in [5.41, 5.74) is 7.61. The van der Waals surface area contributed by atoms with Gasteiger partial charge < -0.3 is 10.2 Å². The average molecular weight is 343 g/mol. The summed E-state index contributed by atoms with van der Waals surface area (Å²) in [6.45, 7) is 30.7. The number of nitrogens with one attached hydrogen (secondary N) is 1. The maximum atomic E-state index is 4.36. The zero-order valence-electron chi connectivity index (χ0n) is 18.1. The van der Waals surface area contributed by atoms with Crippen molar-refractivity contribution in [3.05, 3.63) is 53.0 Å². The highest BCUT2D eigenvalue weighted by Crippen LogP contribution is 2.36. The molecule has 0 heterocycles. The maximum absolute atomic E-state index is 4.36. The quantitative estimate of drug-likeness (QED) is 0.654. The molecule has 0 aromatic heterocycles. The molecule has 1 N–H and O–H groups in total. The van der Waals surface area contributed by atoms with Crippen molar-refractivity contribution in [1.29, 1.82) is 0 Å². The van der Waals surface area contributed by atoms with Crippen molar-refractivity contribution in [3.8, 4) is 0 Å². The molecule has 1 aromatic rings. The Kier molecular flexibility index (Phi) is 6.21. The molecule has 0 bridgehead atoms. The molecule has 2 heteroatoms. The Balaban J connectivity index is 3.34. The summed E-state index contributed by atoms with van der Waals surface area (Å²) < 4.78 is 0. The number of benzene rings is 1. The van der Waals surface area contributed by atoms with Crippen LogP contribution in [0.25, 0.3) is 0 Å². The second-order valence-electron chi connectivity index (χ2n) is 9.53. The number of hydrogen-bond donors (Lipinski definition) is 1. The molecule has 0 atom stereocenters. The van der Waals surface area contributed by atoms with Crippen molar-refractivity contribution in [1.82, 2.24) is 5.32 Å². The van der Waals surface area contributed by atoms with E-state index < -0.39 is 0 Å². The lowest BCUT2D eigenvalue weighted by Gasteiger charge is -2.42. The van der Waals surface area contributed by atoms with Crippen molar-refractivity contribution >= 4 is 5.69 Å². The molecule has 0 radical (unpaired) electrons. The van der Waals surface area contributed by atoms with Gasteiger partial charge in [-0.1, -0.05) is 40.0 Å². The lowest BCUT2D eigenvalue weighted by molar-refractivity contribution is 0.400. The lowest BCUT2D eigenvalue weighted by Crippen LogP contribution is -2.45. The normalized spacial score (nSPS) is 12.1. The third-order valence-electron chi connectivity index (χ3n) is 4.56. The molecule has 0 spiro atoms. The minimum absolute atomic E-state index is 0.0954. The van der Waals surface area contributed by atoms with E-state index >= 15 is 0 Å². The molecule has 0 saturated carbocycles. The van der Waals surface area contributed by atoms with Gasteiger partial charge in [0.25, 0.3) is 0 Å². The number of anilines is 1. The van der Waals surface area contributed by atoms with Crippen molar-refractivity contribution in [2.24, 2.45) is 5.41 Å². The van der Waals surface area contributed by atoms with E-state index in [2.05, 4.69) is 98.7 Å². The minimum atomic E-state index is -0.0954. The van der Waals surface area contributed by atoms with Crippen LogP contribution >= 0.6 is 0 Å². The van der Waals surface area contributed by atoms with Crippen molar-refractivity contribution in [2.75, 3.05) is 4.90 Å². The zero-order valence-corrected chi connectivity index (χ0v) is 18.1. The third kappa shape index (κ3) is 5.39. The van der Waals surface area contributed by atoms with E-state index in [1.807, 2.05) is 0 Å². The molecule has 1 rings (SSSR count). The predicted molar refractivity (Wildman–Crippen MR) is 113 cm³/mol. The molecule has 0 unspecified atom stereocenters. The second-order valence-corrected chi connectivity index (χ2v) is 9.53. The number of rotatable bonds is 5. The van der Waals surface area contributed by atoms with Gasteiger partial charge in [-0.25, -0.2) is 0 Å². The van der Waals surface area contributed by atoms with Gasteiger partial charge in [0.1, 0.15) is 5.82 Å². The van der Waals surface area contributed by atoms with Crippen LogP contribution in [0.4, 0.5) is 5.69 Å². The molecule has 0 saturated heterocycles. The van der Waals surface area contributed by atoms with Crippen LogP contribution in [0.5, 0.6) is 0 Å². The molecule has 0 amide bonds. The SMILES string of the molecule is C=C(CC(C)(C)C)NC(=C)N(c1c(C)c(C)cc(C)c1C)C(C)(C)C. The van der Waals surface area contributed by atoms with E-state index in [4.69, 9.17) is 0 Å². The van der Waals surface area contributed by atoms with Gasteiger partial charge in [-0.15, -0.1) is 0 Å². The number of allylic oxidation sites excluding steroid dienone is 1. The first-order valence-electron chi connectivity index (χ1n) is 9.16. The summed E-state index contributed by atoms with van der Waals surface area (Å²) in [5, 5.41) is 3.47. The van der Waals surface area contributed by atoms with E-state index in [1.165, 1.54) is 27.9 Å². The summed E-state index contributed by atoms with van der Waals surface area (Å²) in [7, 11) is 0. The van der Waals surface area contributed by atoms with Crippen LogP contribution in [-0.2, 0) is 0 Å². The monoisotopic (exact) mass is 342 g/mol. The van der Waals surface area contributed by atoms with E-state index in [0.717, 1.165) is 17.9 Å². The number of aryl methyl sites for hydroxylation is 2. The Bertz CT molecular complexity index is 641. The first-order valence-corrected chi connectivity index (χ1v) is 9.16. The Morgan fingerprint density at radius 1 is 0.920 bits per heavy atom. The van der Waals surface area contributed by atoms with E-state index in [1.54, 1.807) is 0 Å². The lowest BCUT2D eigenvalue weighted by atomic mass is 9.91. The Labute approximate surface area is 156 Å². The third-order valence-corrected chi connectivity index (χ3v) is 4.56. The molecular formula is C23H38N2. The minimum Gasteiger partial charge on any atom is -0.346 e. The molecular weight excluding hydrogens is 304 g/mol. The molecule has 140 valence electrons. The standard InChI is InChI=1S/C23H38N2/c1-15-13-16(2)19(5)21(18(15)4)25(23(10,11)12)20(6)24-17(3)14-22(7,8)9/h13,24H,3,6,14H2,1-2,4-5,7-12H3. The van der Waals surface area contributed by atoms with Crippen molar-refractivity contribution in [2.45, 2.75) is 81.2 Å². The highest BCUT2D eigenvalue weighted by atomic mass is 15.3. The Hall–Kier alpha value is -1.70. The van der Waals surface area contributed by atoms with Crippen LogP contribution in [-0.4, -0.2) is 5.54 Å². The Morgan fingerprint density at radius 3 is 1.72 bits per heavy atom. The zero-order chi connectivity index (χ0) is 19.7. The molecule has 2 nitrogen and oxygen atoms in total. The maximum Gasteiger partial charge on any atom is 0.103 e. The van der Waals surface area contributed by atoms with Crippen LogP contribution in [0.2, 0.25) is 0 Å². The number of hydrogen-bond acceptors (Lipinski definition) is 2. The van der Waals surface area contributed by atoms with Gasteiger partial charge >= 0.3 is 0 Å². The molecule has 0 aliphatic heterocycles.